The third kappa shape index (κ3) is 4.64. The molecule has 2 aromatic rings. The minimum atomic E-state index is -0.0280. The van der Waals surface area contributed by atoms with Crippen LogP contribution in [0.4, 0.5) is 5.69 Å². The summed E-state index contributed by atoms with van der Waals surface area (Å²) in [6.07, 6.45) is 3.73. The molecule has 0 spiro atoms. The average molecular weight is 352 g/mol. The van der Waals surface area contributed by atoms with E-state index in [0.29, 0.717) is 0 Å². The van der Waals surface area contributed by atoms with Crippen LogP contribution in [0.15, 0.2) is 48.5 Å². The summed E-state index contributed by atoms with van der Waals surface area (Å²) in [6.45, 7) is 4.02. The number of benzene rings is 2. The Bertz CT molecular complexity index is 745. The lowest BCUT2D eigenvalue weighted by Gasteiger charge is -2.26. The summed E-state index contributed by atoms with van der Waals surface area (Å²) < 4.78 is 6.04. The molecule has 1 aliphatic rings. The minimum Gasteiger partial charge on any atom is -0.486 e. The highest BCUT2D eigenvalue weighted by Crippen LogP contribution is 2.28. The van der Waals surface area contributed by atoms with Crippen LogP contribution in [0.2, 0.25) is 0 Å². The molecule has 0 aliphatic heterocycles. The molecule has 2 aromatic carbocycles. The summed E-state index contributed by atoms with van der Waals surface area (Å²) in [6, 6.07) is 16.1. The maximum absolute atomic E-state index is 12.5. The zero-order valence-corrected chi connectivity index (χ0v) is 15.6. The van der Waals surface area contributed by atoms with Gasteiger partial charge in [-0.1, -0.05) is 36.8 Å². The first kappa shape index (κ1) is 18.5. The van der Waals surface area contributed by atoms with E-state index in [1.54, 1.807) is 0 Å². The highest BCUT2D eigenvalue weighted by Gasteiger charge is 2.25. The second-order valence-corrected chi connectivity index (χ2v) is 7.26. The number of ether oxygens (including phenoxy) is 1. The fourth-order valence-electron chi connectivity index (χ4n) is 3.55. The van der Waals surface area contributed by atoms with Gasteiger partial charge in [-0.05, 0) is 62.4 Å². The van der Waals surface area contributed by atoms with Gasteiger partial charge in [0.15, 0.2) is 0 Å². The summed E-state index contributed by atoms with van der Waals surface area (Å²) >= 11 is 0. The first-order valence-electron chi connectivity index (χ1n) is 9.41. The van der Waals surface area contributed by atoms with Crippen LogP contribution in [-0.4, -0.2) is 11.9 Å². The molecule has 3 atom stereocenters. The molecule has 138 valence electrons. The maximum atomic E-state index is 12.5. The summed E-state index contributed by atoms with van der Waals surface area (Å²) in [4.78, 5) is 12.5. The highest BCUT2D eigenvalue weighted by atomic mass is 16.5. The van der Waals surface area contributed by atoms with E-state index < -0.39 is 0 Å². The predicted octanol–water partition coefficient (Wildman–Crippen LogP) is 4.59. The smallest absolute Gasteiger partial charge is 0.227 e. The molecular formula is C22H28N2O2. The first-order chi connectivity index (χ1) is 12.5. The Hall–Kier alpha value is -2.33. The van der Waals surface area contributed by atoms with Crippen molar-refractivity contribution in [1.29, 1.82) is 0 Å². The van der Waals surface area contributed by atoms with E-state index in [1.165, 1.54) is 0 Å². The quantitative estimate of drug-likeness (QED) is 0.827. The number of carbonyl (C=O) groups excluding carboxylic acids is 1. The van der Waals surface area contributed by atoms with Crippen molar-refractivity contribution in [3.05, 3.63) is 59.7 Å². The van der Waals surface area contributed by atoms with Crippen LogP contribution in [-0.2, 0) is 4.79 Å². The van der Waals surface area contributed by atoms with Gasteiger partial charge >= 0.3 is 0 Å². The number of nitrogens with one attached hydrogen (secondary N) is 1. The average Bonchev–Trinajstić information content (AvgIpc) is 2.64. The van der Waals surface area contributed by atoms with E-state index in [-0.39, 0.29) is 24.0 Å². The largest absolute Gasteiger partial charge is 0.486 e. The Labute approximate surface area is 155 Å². The lowest BCUT2D eigenvalue weighted by molar-refractivity contribution is -0.120. The Balaban J connectivity index is 1.63. The van der Waals surface area contributed by atoms with Gasteiger partial charge < -0.3 is 15.8 Å². The number of anilines is 1. The van der Waals surface area contributed by atoms with E-state index in [2.05, 4.69) is 17.4 Å². The molecule has 26 heavy (non-hydrogen) atoms. The van der Waals surface area contributed by atoms with Crippen LogP contribution in [0.3, 0.4) is 0 Å². The second-order valence-electron chi connectivity index (χ2n) is 7.26. The Morgan fingerprint density at radius 3 is 2.65 bits per heavy atom. The van der Waals surface area contributed by atoms with Gasteiger partial charge in [0.05, 0.1) is 0 Å². The molecule has 4 nitrogen and oxygen atoms in total. The number of hydrogen-bond acceptors (Lipinski definition) is 3. The van der Waals surface area contributed by atoms with Crippen LogP contribution in [0, 0.1) is 12.8 Å². The fraction of sp³-hybridized carbons (Fsp3) is 0.409. The van der Waals surface area contributed by atoms with Crippen molar-refractivity contribution in [2.75, 3.05) is 5.32 Å². The molecule has 1 aliphatic carbocycles. The molecule has 3 N–H and O–H groups in total. The molecule has 3 rings (SSSR count). The van der Waals surface area contributed by atoms with E-state index in [0.717, 1.165) is 48.2 Å². The van der Waals surface area contributed by atoms with Gasteiger partial charge in [-0.3, -0.25) is 4.79 Å². The van der Waals surface area contributed by atoms with Gasteiger partial charge in [0.2, 0.25) is 5.91 Å². The molecule has 1 fully saturated rings. The highest BCUT2D eigenvalue weighted by molar-refractivity contribution is 5.93. The molecule has 0 radical (unpaired) electrons. The summed E-state index contributed by atoms with van der Waals surface area (Å²) in [7, 11) is 0. The summed E-state index contributed by atoms with van der Waals surface area (Å²) in [5.41, 5.74) is 8.98. The molecule has 4 heteroatoms. The number of carbonyl (C=O) groups is 1. The van der Waals surface area contributed by atoms with Crippen LogP contribution in [0.1, 0.15) is 49.8 Å². The third-order valence-electron chi connectivity index (χ3n) is 5.12. The number of rotatable bonds is 5. The summed E-state index contributed by atoms with van der Waals surface area (Å²) in [5, 5.41) is 3.06. The zero-order valence-electron chi connectivity index (χ0n) is 15.6. The number of amides is 1. The number of aryl methyl sites for hydroxylation is 1. The van der Waals surface area contributed by atoms with Crippen molar-refractivity contribution in [2.24, 2.45) is 11.7 Å². The Morgan fingerprint density at radius 1 is 1.19 bits per heavy atom. The van der Waals surface area contributed by atoms with Gasteiger partial charge in [0.1, 0.15) is 11.9 Å². The topological polar surface area (TPSA) is 64.3 Å². The molecule has 0 aromatic heterocycles. The molecule has 0 heterocycles. The molecular weight excluding hydrogens is 324 g/mol. The number of hydrogen-bond donors (Lipinski definition) is 2. The standard InChI is InChI=1S/C22H28N2O2/c1-15-13-20(26-16(2)17-7-4-3-5-8-17)11-12-21(15)24-22(25)18-9-6-10-19(23)14-18/h3-5,7-8,11-13,16,18-19H,6,9-10,14,23H2,1-2H3,(H,24,25). The maximum Gasteiger partial charge on any atom is 0.227 e. The molecule has 1 saturated carbocycles. The van der Waals surface area contributed by atoms with Crippen LogP contribution >= 0.6 is 0 Å². The number of nitrogens with two attached hydrogens (primary N) is 1. The predicted molar refractivity (Wildman–Crippen MR) is 105 cm³/mol. The van der Waals surface area contributed by atoms with Gasteiger partial charge in [-0.15, -0.1) is 0 Å². The van der Waals surface area contributed by atoms with E-state index in [1.807, 2.05) is 50.2 Å². The molecule has 0 saturated heterocycles. The minimum absolute atomic E-state index is 0.0205. The molecule has 1 amide bonds. The third-order valence-corrected chi connectivity index (χ3v) is 5.12. The zero-order chi connectivity index (χ0) is 18.5. The van der Waals surface area contributed by atoms with Crippen molar-refractivity contribution in [1.82, 2.24) is 0 Å². The van der Waals surface area contributed by atoms with E-state index >= 15 is 0 Å². The Morgan fingerprint density at radius 2 is 1.96 bits per heavy atom. The van der Waals surface area contributed by atoms with Gasteiger partial charge in [0, 0.05) is 17.6 Å². The Kier molecular flexibility index (Phi) is 5.94. The second kappa shape index (κ2) is 8.37. The van der Waals surface area contributed by atoms with Crippen molar-refractivity contribution in [2.45, 2.75) is 51.7 Å². The van der Waals surface area contributed by atoms with Crippen LogP contribution in [0.25, 0.3) is 0 Å². The summed E-state index contributed by atoms with van der Waals surface area (Å²) in [5.74, 6) is 0.901. The lowest BCUT2D eigenvalue weighted by Crippen LogP contribution is -2.34. The van der Waals surface area contributed by atoms with Crippen LogP contribution in [0.5, 0.6) is 5.75 Å². The van der Waals surface area contributed by atoms with Crippen molar-refractivity contribution in [3.8, 4) is 5.75 Å². The molecule has 3 unspecified atom stereocenters. The lowest BCUT2D eigenvalue weighted by atomic mass is 9.85. The van der Waals surface area contributed by atoms with E-state index in [4.69, 9.17) is 10.5 Å². The van der Waals surface area contributed by atoms with Gasteiger partial charge in [-0.25, -0.2) is 0 Å². The van der Waals surface area contributed by atoms with Gasteiger partial charge in [-0.2, -0.15) is 0 Å². The first-order valence-corrected chi connectivity index (χ1v) is 9.41. The van der Waals surface area contributed by atoms with Gasteiger partial charge in [0.25, 0.3) is 0 Å². The normalized spacial score (nSPS) is 21.0. The van der Waals surface area contributed by atoms with Crippen molar-refractivity contribution < 1.29 is 9.53 Å². The SMILES string of the molecule is Cc1cc(OC(C)c2ccccc2)ccc1NC(=O)C1CCCC(N)C1. The van der Waals surface area contributed by atoms with Crippen LogP contribution < -0.4 is 15.8 Å². The molecule has 0 bridgehead atoms. The fourth-order valence-corrected chi connectivity index (χ4v) is 3.55. The van der Waals surface area contributed by atoms with Crippen molar-refractivity contribution in [3.63, 3.8) is 0 Å². The van der Waals surface area contributed by atoms with Crippen molar-refractivity contribution >= 4 is 11.6 Å². The monoisotopic (exact) mass is 352 g/mol. The van der Waals surface area contributed by atoms with E-state index in [9.17, 15) is 4.79 Å².